The second-order valence-electron chi connectivity index (χ2n) is 7.55. The van der Waals surface area contributed by atoms with Crippen molar-refractivity contribution in [2.24, 2.45) is 9.98 Å². The number of H-pyrrole nitrogens is 1. The molecular formula is C20H18F6N8. The molecule has 0 radical (unpaired) electrons. The van der Waals surface area contributed by atoms with Gasteiger partial charge in [-0.2, -0.15) is 31.4 Å². The van der Waals surface area contributed by atoms with Crippen molar-refractivity contribution in [3.63, 3.8) is 0 Å². The van der Waals surface area contributed by atoms with Gasteiger partial charge in [-0.15, -0.1) is 0 Å². The summed E-state index contributed by atoms with van der Waals surface area (Å²) < 4.78 is 80.1. The van der Waals surface area contributed by atoms with Gasteiger partial charge in [-0.3, -0.25) is 19.5 Å². The van der Waals surface area contributed by atoms with Crippen LogP contribution in [0.1, 0.15) is 35.0 Å². The molecule has 180 valence electrons. The third-order valence-electron chi connectivity index (χ3n) is 5.40. The molecule has 0 spiro atoms. The summed E-state index contributed by atoms with van der Waals surface area (Å²) in [5.74, 6) is -0.0196. The SMILES string of the molecule is C=N/C=C\C(=NCc1cnc2cnc(C(F)(F)F)cn12)N1CCC(c2cn[nH]c2C(F)(F)F)C1. The number of likely N-dealkylation sites (tertiary alicyclic amines) is 1. The van der Waals surface area contributed by atoms with E-state index < -0.39 is 29.7 Å². The first kappa shape index (κ1) is 23.4. The van der Waals surface area contributed by atoms with Gasteiger partial charge in [-0.1, -0.05) is 0 Å². The van der Waals surface area contributed by atoms with Crippen LogP contribution in [0.5, 0.6) is 0 Å². The van der Waals surface area contributed by atoms with Crippen LogP contribution in [0.3, 0.4) is 0 Å². The third kappa shape index (κ3) is 4.79. The van der Waals surface area contributed by atoms with Gasteiger partial charge in [-0.25, -0.2) is 9.97 Å². The molecule has 1 aliphatic heterocycles. The first-order valence-corrected chi connectivity index (χ1v) is 9.99. The van der Waals surface area contributed by atoms with E-state index in [0.717, 1.165) is 12.4 Å². The zero-order valence-electron chi connectivity index (χ0n) is 17.5. The lowest BCUT2D eigenvalue weighted by atomic mass is 9.99. The van der Waals surface area contributed by atoms with E-state index in [-0.39, 0.29) is 24.3 Å². The van der Waals surface area contributed by atoms with Crippen LogP contribution in [0.25, 0.3) is 5.65 Å². The number of nitrogens with one attached hydrogen (secondary N) is 1. The molecule has 1 unspecified atom stereocenters. The minimum atomic E-state index is -4.62. The molecule has 0 aromatic carbocycles. The second kappa shape index (κ2) is 8.91. The van der Waals surface area contributed by atoms with Gasteiger partial charge < -0.3 is 4.90 Å². The molecule has 0 bridgehead atoms. The zero-order chi connectivity index (χ0) is 24.5. The van der Waals surface area contributed by atoms with Crippen LogP contribution in [0.4, 0.5) is 26.3 Å². The highest BCUT2D eigenvalue weighted by Gasteiger charge is 2.39. The summed E-state index contributed by atoms with van der Waals surface area (Å²) in [6, 6.07) is 0. The van der Waals surface area contributed by atoms with Gasteiger partial charge >= 0.3 is 12.4 Å². The van der Waals surface area contributed by atoms with Crippen molar-refractivity contribution in [2.75, 3.05) is 13.1 Å². The molecule has 0 amide bonds. The molecule has 1 saturated heterocycles. The number of halogens is 6. The van der Waals surface area contributed by atoms with E-state index in [2.05, 4.69) is 31.8 Å². The predicted molar refractivity (Wildman–Crippen MR) is 110 cm³/mol. The molecule has 0 aliphatic carbocycles. The highest BCUT2D eigenvalue weighted by Crippen LogP contribution is 2.37. The third-order valence-corrected chi connectivity index (χ3v) is 5.40. The van der Waals surface area contributed by atoms with E-state index in [1.54, 1.807) is 11.0 Å². The maximum atomic E-state index is 13.2. The van der Waals surface area contributed by atoms with E-state index in [9.17, 15) is 26.3 Å². The van der Waals surface area contributed by atoms with E-state index in [1.807, 2.05) is 5.10 Å². The number of aromatic nitrogens is 5. The summed E-state index contributed by atoms with van der Waals surface area (Å²) in [6.45, 7) is 4.00. The summed E-state index contributed by atoms with van der Waals surface area (Å²) in [6.07, 6.45) is -1.36. The second-order valence-corrected chi connectivity index (χ2v) is 7.55. The average molecular weight is 484 g/mol. The van der Waals surface area contributed by atoms with Crippen LogP contribution in [-0.4, -0.2) is 55.1 Å². The molecule has 1 atom stereocenters. The van der Waals surface area contributed by atoms with E-state index in [4.69, 9.17) is 0 Å². The topological polar surface area (TPSA) is 86.8 Å². The van der Waals surface area contributed by atoms with Gasteiger partial charge in [0.05, 0.1) is 30.8 Å². The molecular weight excluding hydrogens is 466 g/mol. The molecule has 4 rings (SSSR count). The van der Waals surface area contributed by atoms with Gasteiger partial charge in [0.1, 0.15) is 11.5 Å². The fraction of sp³-hybridized carbons (Fsp3) is 0.350. The van der Waals surface area contributed by atoms with Crippen molar-refractivity contribution in [3.05, 3.63) is 59.7 Å². The normalized spacial score (nSPS) is 17.9. The molecule has 1 fully saturated rings. The van der Waals surface area contributed by atoms with Crippen molar-refractivity contribution in [3.8, 4) is 0 Å². The lowest BCUT2D eigenvalue weighted by Gasteiger charge is -2.19. The number of nitrogens with zero attached hydrogens (tertiary/aromatic N) is 7. The van der Waals surface area contributed by atoms with Crippen LogP contribution in [-0.2, 0) is 18.9 Å². The fourth-order valence-electron chi connectivity index (χ4n) is 3.80. The Bertz CT molecular complexity index is 1240. The lowest BCUT2D eigenvalue weighted by Crippen LogP contribution is -2.27. The fourth-order valence-corrected chi connectivity index (χ4v) is 3.80. The number of alkyl halides is 6. The van der Waals surface area contributed by atoms with Gasteiger partial charge in [0.15, 0.2) is 11.3 Å². The van der Waals surface area contributed by atoms with Crippen LogP contribution >= 0.6 is 0 Å². The molecule has 3 aromatic heterocycles. The molecule has 8 nitrogen and oxygen atoms in total. The van der Waals surface area contributed by atoms with Crippen molar-refractivity contribution < 1.29 is 26.3 Å². The maximum Gasteiger partial charge on any atom is 0.434 e. The summed E-state index contributed by atoms with van der Waals surface area (Å²) >= 11 is 0. The zero-order valence-corrected chi connectivity index (χ0v) is 17.5. The molecule has 0 saturated carbocycles. The van der Waals surface area contributed by atoms with Crippen molar-refractivity contribution in [2.45, 2.75) is 31.2 Å². The first-order chi connectivity index (χ1) is 16.1. The van der Waals surface area contributed by atoms with Crippen LogP contribution in [0, 0.1) is 0 Å². The van der Waals surface area contributed by atoms with Crippen LogP contribution in [0.2, 0.25) is 0 Å². The van der Waals surface area contributed by atoms with Crippen LogP contribution in [0.15, 0.2) is 47.0 Å². The van der Waals surface area contributed by atoms with Crippen molar-refractivity contribution >= 4 is 18.2 Å². The number of aliphatic imine (C=N–C) groups is 2. The summed E-state index contributed by atoms with van der Waals surface area (Å²) in [7, 11) is 0. The molecule has 3 aromatic rings. The number of amidine groups is 1. The van der Waals surface area contributed by atoms with E-state index in [0.29, 0.717) is 24.5 Å². The quantitative estimate of drug-likeness (QED) is 0.336. The minimum absolute atomic E-state index is 0.0278. The number of fused-ring (bicyclic) bond motifs is 1. The van der Waals surface area contributed by atoms with Crippen LogP contribution < -0.4 is 0 Å². The Balaban J connectivity index is 1.58. The first-order valence-electron chi connectivity index (χ1n) is 9.99. The summed E-state index contributed by atoms with van der Waals surface area (Å²) in [5.41, 5.74) is -1.26. The van der Waals surface area contributed by atoms with Gasteiger partial charge in [-0.05, 0) is 19.2 Å². The van der Waals surface area contributed by atoms with Crippen molar-refractivity contribution in [1.29, 1.82) is 0 Å². The molecule has 4 heterocycles. The Kier molecular flexibility index (Phi) is 6.15. The van der Waals surface area contributed by atoms with Gasteiger partial charge in [0.2, 0.25) is 0 Å². The van der Waals surface area contributed by atoms with E-state index in [1.165, 1.54) is 23.0 Å². The summed E-state index contributed by atoms with van der Waals surface area (Å²) in [5, 5.41) is 5.57. The molecule has 14 heteroatoms. The highest BCUT2D eigenvalue weighted by atomic mass is 19.4. The Morgan fingerprint density at radius 3 is 2.65 bits per heavy atom. The molecule has 1 aliphatic rings. The Labute approximate surface area is 188 Å². The maximum absolute atomic E-state index is 13.2. The molecule has 34 heavy (non-hydrogen) atoms. The van der Waals surface area contributed by atoms with Gasteiger partial charge in [0, 0.05) is 37.0 Å². The number of hydrogen-bond acceptors (Lipinski definition) is 5. The molecule has 1 N–H and O–H groups in total. The number of hydrogen-bond donors (Lipinski definition) is 1. The van der Waals surface area contributed by atoms with Crippen molar-refractivity contribution in [1.82, 2.24) is 29.5 Å². The smallest absolute Gasteiger partial charge is 0.356 e. The largest absolute Gasteiger partial charge is 0.434 e. The monoisotopic (exact) mass is 484 g/mol. The predicted octanol–water partition coefficient (Wildman–Crippen LogP) is 4.09. The lowest BCUT2D eigenvalue weighted by molar-refractivity contribution is -0.142. The standard InChI is InChI=1S/C20H18F6N8/c1-27-4-2-16(33-5-3-12(10-33)14-8-31-32-18(14)20(24,25)26)29-6-13-7-30-17-9-28-15(11-34(13)17)19(21,22)23/h2,4,7-9,11-12H,1,3,5-6,10H2,(H,31,32)/b4-2-,29-16?. The number of rotatable bonds is 5. The number of imidazole rings is 1. The van der Waals surface area contributed by atoms with Gasteiger partial charge in [0.25, 0.3) is 0 Å². The number of aromatic amines is 1. The Hall–Kier alpha value is -3.71. The summed E-state index contributed by atoms with van der Waals surface area (Å²) in [4.78, 5) is 17.3. The minimum Gasteiger partial charge on any atom is -0.356 e. The Morgan fingerprint density at radius 2 is 1.94 bits per heavy atom. The Morgan fingerprint density at radius 1 is 1.15 bits per heavy atom. The van der Waals surface area contributed by atoms with E-state index >= 15 is 0 Å². The average Bonchev–Trinajstić information content (AvgIpc) is 3.51. The highest BCUT2D eigenvalue weighted by molar-refractivity contribution is 5.93.